The van der Waals surface area contributed by atoms with Gasteiger partial charge >= 0.3 is 0 Å². The number of benzene rings is 2. The van der Waals surface area contributed by atoms with E-state index in [1.54, 1.807) is 18.6 Å². The van der Waals surface area contributed by atoms with Crippen molar-refractivity contribution in [2.45, 2.75) is 26.0 Å². The highest BCUT2D eigenvalue weighted by atomic mass is 16.5. The third-order valence-electron chi connectivity index (χ3n) is 6.77. The van der Waals surface area contributed by atoms with Gasteiger partial charge in [-0.05, 0) is 42.8 Å². The molecule has 6 rings (SSSR count). The molecule has 0 aliphatic carbocycles. The van der Waals surface area contributed by atoms with Crippen LogP contribution in [0.5, 0.6) is 11.5 Å². The van der Waals surface area contributed by atoms with Gasteiger partial charge in [-0.2, -0.15) is 0 Å². The summed E-state index contributed by atoms with van der Waals surface area (Å²) >= 11 is 0. The molecular formula is C28H27N5O3. The van der Waals surface area contributed by atoms with E-state index >= 15 is 0 Å². The molecule has 2 aromatic carbocycles. The van der Waals surface area contributed by atoms with Gasteiger partial charge in [0, 0.05) is 54.9 Å². The van der Waals surface area contributed by atoms with Crippen LogP contribution in [0.1, 0.15) is 34.2 Å². The summed E-state index contributed by atoms with van der Waals surface area (Å²) in [5.74, 6) is 1.71. The normalized spacial score (nSPS) is 16.6. The van der Waals surface area contributed by atoms with E-state index in [4.69, 9.17) is 9.47 Å². The zero-order valence-corrected chi connectivity index (χ0v) is 20.0. The molecule has 0 bridgehead atoms. The van der Waals surface area contributed by atoms with Crippen LogP contribution in [0.4, 0.5) is 11.4 Å². The van der Waals surface area contributed by atoms with E-state index in [2.05, 4.69) is 49.4 Å². The Labute approximate surface area is 209 Å². The van der Waals surface area contributed by atoms with Crippen molar-refractivity contribution in [1.82, 2.24) is 15.0 Å². The second-order valence-corrected chi connectivity index (χ2v) is 9.07. The van der Waals surface area contributed by atoms with Gasteiger partial charge in [0.1, 0.15) is 23.3 Å². The number of hydrogen-bond donors (Lipinski definition) is 2. The number of nitrogens with one attached hydrogen (secondary N) is 2. The summed E-state index contributed by atoms with van der Waals surface area (Å²) in [4.78, 5) is 25.9. The van der Waals surface area contributed by atoms with Gasteiger partial charge in [0.2, 0.25) is 0 Å². The van der Waals surface area contributed by atoms with Crippen LogP contribution in [0.15, 0.2) is 71.9 Å². The first-order valence-electron chi connectivity index (χ1n) is 12.1. The van der Waals surface area contributed by atoms with Crippen LogP contribution in [0.25, 0.3) is 0 Å². The second-order valence-electron chi connectivity index (χ2n) is 9.07. The molecule has 2 aromatic heterocycles. The Hall–Kier alpha value is -4.17. The molecule has 1 atom stereocenters. The lowest BCUT2D eigenvalue weighted by molar-refractivity contribution is 0.0383. The lowest BCUT2D eigenvalue weighted by atomic mass is 9.95. The number of pyridine rings is 1. The van der Waals surface area contributed by atoms with Gasteiger partial charge in [-0.15, -0.1) is 0 Å². The molecule has 0 amide bonds. The summed E-state index contributed by atoms with van der Waals surface area (Å²) in [5, 5.41) is 3.45. The smallest absolute Gasteiger partial charge is 0.271 e. The number of H-pyrrole nitrogens is 1. The van der Waals surface area contributed by atoms with Crippen LogP contribution < -0.4 is 20.5 Å². The Morgan fingerprint density at radius 3 is 2.92 bits per heavy atom. The van der Waals surface area contributed by atoms with Crippen LogP contribution >= 0.6 is 0 Å². The van der Waals surface area contributed by atoms with Gasteiger partial charge < -0.3 is 24.7 Å². The molecule has 0 saturated carbocycles. The van der Waals surface area contributed by atoms with E-state index in [0.717, 1.165) is 51.7 Å². The van der Waals surface area contributed by atoms with Crippen molar-refractivity contribution in [2.24, 2.45) is 0 Å². The zero-order chi connectivity index (χ0) is 24.5. The fourth-order valence-electron chi connectivity index (χ4n) is 4.88. The number of para-hydroxylation sites is 1. The van der Waals surface area contributed by atoms with Gasteiger partial charge in [0.05, 0.1) is 24.5 Å². The fourth-order valence-corrected chi connectivity index (χ4v) is 4.88. The van der Waals surface area contributed by atoms with Crippen LogP contribution in [-0.2, 0) is 17.7 Å². The first-order chi connectivity index (χ1) is 17.7. The number of aromatic nitrogens is 3. The predicted octanol–water partition coefficient (Wildman–Crippen LogP) is 4.36. The Bertz CT molecular complexity index is 1470. The molecule has 8 heteroatoms. The third kappa shape index (κ3) is 4.31. The molecule has 4 aromatic rings. The average molecular weight is 482 g/mol. The Balaban J connectivity index is 1.21. The fraction of sp³-hybridized carbons (Fsp3) is 0.250. The molecule has 4 heterocycles. The van der Waals surface area contributed by atoms with Crippen molar-refractivity contribution in [3.8, 4) is 11.5 Å². The van der Waals surface area contributed by atoms with Crippen molar-refractivity contribution < 1.29 is 9.47 Å². The summed E-state index contributed by atoms with van der Waals surface area (Å²) in [5.41, 5.74) is 6.71. The molecule has 2 aliphatic rings. The van der Waals surface area contributed by atoms with Crippen molar-refractivity contribution >= 4 is 11.4 Å². The number of nitrogens with zero attached hydrogens (tertiary/aromatic N) is 3. The number of ether oxygens (including phenoxy) is 2. The molecule has 8 nitrogen and oxygen atoms in total. The standard InChI is InChI=1S/C28H27N5O3/c1-18-23(30-11-10-29-18)16-32-21-7-8-25-20(15-21)14-19-4-2-5-22(27(19)36-25)26-17-33(12-13-35-26)24-6-3-9-31-28(24)34/h2-11,15,26,32H,12-14,16-17H2,1H3,(H,31,34). The first-order valence-corrected chi connectivity index (χ1v) is 12.1. The number of hydrogen-bond acceptors (Lipinski definition) is 7. The summed E-state index contributed by atoms with van der Waals surface area (Å²) in [7, 11) is 0. The zero-order valence-electron chi connectivity index (χ0n) is 20.0. The largest absolute Gasteiger partial charge is 0.456 e. The monoisotopic (exact) mass is 481 g/mol. The van der Waals surface area contributed by atoms with E-state index < -0.39 is 0 Å². The molecule has 1 saturated heterocycles. The van der Waals surface area contributed by atoms with Gasteiger partial charge in [0.25, 0.3) is 5.56 Å². The highest BCUT2D eigenvalue weighted by molar-refractivity contribution is 5.59. The van der Waals surface area contributed by atoms with Crippen molar-refractivity contribution in [3.63, 3.8) is 0 Å². The molecule has 0 radical (unpaired) electrons. The highest BCUT2D eigenvalue weighted by Gasteiger charge is 2.29. The molecule has 1 unspecified atom stereocenters. The molecular weight excluding hydrogens is 454 g/mol. The van der Waals surface area contributed by atoms with E-state index in [1.165, 1.54) is 0 Å². The average Bonchev–Trinajstić information content (AvgIpc) is 2.91. The van der Waals surface area contributed by atoms with E-state index in [0.29, 0.717) is 31.9 Å². The molecule has 2 N–H and O–H groups in total. The SMILES string of the molecule is Cc1nccnc1CNc1ccc2c(c1)Cc1cccc(C3CN(c4ccc[nH]c4=O)CCO3)c1O2. The minimum Gasteiger partial charge on any atom is -0.456 e. The summed E-state index contributed by atoms with van der Waals surface area (Å²) < 4.78 is 12.6. The Morgan fingerprint density at radius 2 is 2.03 bits per heavy atom. The van der Waals surface area contributed by atoms with E-state index in [1.807, 2.05) is 31.2 Å². The molecule has 1 fully saturated rings. The number of aryl methyl sites for hydroxylation is 1. The van der Waals surface area contributed by atoms with Gasteiger partial charge in [-0.3, -0.25) is 14.8 Å². The number of fused-ring (bicyclic) bond motifs is 2. The summed E-state index contributed by atoms with van der Waals surface area (Å²) in [6.45, 7) is 4.38. The quantitative estimate of drug-likeness (QED) is 0.385. The van der Waals surface area contributed by atoms with Crippen molar-refractivity contribution in [1.29, 1.82) is 0 Å². The summed E-state index contributed by atoms with van der Waals surface area (Å²) in [6, 6.07) is 16.1. The maximum Gasteiger partial charge on any atom is 0.271 e. The molecule has 36 heavy (non-hydrogen) atoms. The Morgan fingerprint density at radius 1 is 1.11 bits per heavy atom. The van der Waals surface area contributed by atoms with Crippen molar-refractivity contribution in [2.75, 3.05) is 29.9 Å². The third-order valence-corrected chi connectivity index (χ3v) is 6.77. The van der Waals surface area contributed by atoms with E-state index in [-0.39, 0.29) is 11.7 Å². The number of morpholine rings is 1. The van der Waals surface area contributed by atoms with Crippen LogP contribution in [-0.4, -0.2) is 34.6 Å². The maximum absolute atomic E-state index is 12.3. The predicted molar refractivity (Wildman–Crippen MR) is 138 cm³/mol. The Kier molecular flexibility index (Phi) is 5.87. The highest BCUT2D eigenvalue weighted by Crippen LogP contribution is 2.43. The molecule has 2 aliphatic heterocycles. The first kappa shape index (κ1) is 22.3. The van der Waals surface area contributed by atoms with Crippen LogP contribution in [0.3, 0.4) is 0 Å². The van der Waals surface area contributed by atoms with Gasteiger partial charge in [-0.1, -0.05) is 18.2 Å². The second kappa shape index (κ2) is 9.47. The summed E-state index contributed by atoms with van der Waals surface area (Å²) in [6.07, 6.45) is 5.66. The van der Waals surface area contributed by atoms with Gasteiger partial charge in [0.15, 0.2) is 0 Å². The number of aromatic amines is 1. The molecule has 182 valence electrons. The lowest BCUT2D eigenvalue weighted by Gasteiger charge is -2.35. The van der Waals surface area contributed by atoms with Crippen LogP contribution in [0, 0.1) is 6.92 Å². The minimum absolute atomic E-state index is 0.0858. The van der Waals surface area contributed by atoms with Crippen LogP contribution in [0.2, 0.25) is 0 Å². The minimum atomic E-state index is -0.189. The number of anilines is 2. The molecule has 0 spiro atoms. The topological polar surface area (TPSA) is 92.4 Å². The maximum atomic E-state index is 12.3. The van der Waals surface area contributed by atoms with Crippen molar-refractivity contribution in [3.05, 3.63) is 106 Å². The van der Waals surface area contributed by atoms with Gasteiger partial charge in [-0.25, -0.2) is 0 Å². The lowest BCUT2D eigenvalue weighted by Crippen LogP contribution is -2.41. The number of rotatable bonds is 5. The van der Waals surface area contributed by atoms with E-state index in [9.17, 15) is 4.79 Å².